The molecule has 2 heteroatoms. The zero-order valence-electron chi connectivity index (χ0n) is 35.4. The summed E-state index contributed by atoms with van der Waals surface area (Å²) in [6, 6.07) is 72.8. The average molecular weight is 793 g/mol. The van der Waals surface area contributed by atoms with Crippen molar-refractivity contribution in [3.8, 4) is 56.1 Å². The molecule has 294 valence electrons. The minimum absolute atomic E-state index is 1.18. The van der Waals surface area contributed by atoms with E-state index >= 15 is 0 Å². The van der Waals surface area contributed by atoms with Gasteiger partial charge in [-0.3, -0.25) is 0 Å². The van der Waals surface area contributed by atoms with Crippen LogP contribution in [0.5, 0.6) is 0 Å². The second-order valence-corrected chi connectivity index (χ2v) is 17.2. The molecule has 2 nitrogen and oxygen atoms in total. The molecular formula is C60H44N2. The first-order valence-electron chi connectivity index (χ1n) is 21.7. The number of fused-ring (bicyclic) bond motifs is 2. The summed E-state index contributed by atoms with van der Waals surface area (Å²) in [7, 11) is 0. The molecule has 12 rings (SSSR count). The quantitative estimate of drug-likeness (QED) is 0.148. The van der Waals surface area contributed by atoms with Crippen molar-refractivity contribution in [3.63, 3.8) is 0 Å². The molecule has 0 aliphatic carbocycles. The van der Waals surface area contributed by atoms with Crippen LogP contribution in [-0.2, 0) is 0 Å². The van der Waals surface area contributed by atoms with Gasteiger partial charge in [0.1, 0.15) is 0 Å². The molecule has 0 amide bonds. The second-order valence-electron chi connectivity index (χ2n) is 17.2. The van der Waals surface area contributed by atoms with E-state index in [0.29, 0.717) is 0 Å². The Morgan fingerprint density at radius 1 is 0.290 bits per heavy atom. The highest BCUT2D eigenvalue weighted by Gasteiger charge is 2.26. The van der Waals surface area contributed by atoms with E-state index in [0.717, 1.165) is 0 Å². The summed E-state index contributed by atoms with van der Waals surface area (Å²) in [4.78, 5) is 0. The molecule has 0 spiro atoms. The first-order valence-corrected chi connectivity index (χ1v) is 21.7. The van der Waals surface area contributed by atoms with Crippen molar-refractivity contribution >= 4 is 54.1 Å². The van der Waals surface area contributed by atoms with E-state index in [1.807, 2.05) is 0 Å². The number of nitrogens with zero attached hydrogens (tertiary/aromatic N) is 2. The van der Waals surface area contributed by atoms with Crippen molar-refractivity contribution in [2.45, 2.75) is 27.7 Å². The number of benzene rings is 10. The highest BCUT2D eigenvalue weighted by atomic mass is 15.0. The molecule has 0 unspecified atom stereocenters. The van der Waals surface area contributed by atoms with Gasteiger partial charge in [0.2, 0.25) is 0 Å². The lowest BCUT2D eigenvalue weighted by Gasteiger charge is -2.22. The fourth-order valence-electron chi connectivity index (χ4n) is 10.2. The summed E-state index contributed by atoms with van der Waals surface area (Å²) >= 11 is 0. The zero-order valence-corrected chi connectivity index (χ0v) is 35.4. The Morgan fingerprint density at radius 3 is 0.984 bits per heavy atom. The minimum Gasteiger partial charge on any atom is -0.308 e. The van der Waals surface area contributed by atoms with E-state index in [4.69, 9.17) is 0 Å². The van der Waals surface area contributed by atoms with Crippen molar-refractivity contribution in [2.75, 3.05) is 0 Å². The van der Waals surface area contributed by atoms with E-state index < -0.39 is 0 Å². The van der Waals surface area contributed by atoms with E-state index in [1.165, 1.54) is 133 Å². The minimum atomic E-state index is 1.18. The SMILES string of the molecule is Cc1ccc(-c2c(-c3ccc(C)cc3)n(-c3cc4cccc5c(-n6c(-c7ccc(C)cc7)c(-c7ccc(C)cc7)c7ccccc76)cc6cccc3c6c45)c3ccccc23)cc1. The van der Waals surface area contributed by atoms with Crippen LogP contribution in [0, 0.1) is 27.7 Å². The first-order chi connectivity index (χ1) is 30.4. The van der Waals surface area contributed by atoms with Crippen molar-refractivity contribution in [2.24, 2.45) is 0 Å². The van der Waals surface area contributed by atoms with Gasteiger partial charge < -0.3 is 9.13 Å². The number of aromatic nitrogens is 2. The van der Waals surface area contributed by atoms with Crippen molar-refractivity contribution in [1.82, 2.24) is 9.13 Å². The van der Waals surface area contributed by atoms with Gasteiger partial charge in [0.15, 0.2) is 0 Å². The summed E-state index contributed by atoms with van der Waals surface area (Å²) in [5.41, 5.74) is 19.5. The Morgan fingerprint density at radius 2 is 0.613 bits per heavy atom. The largest absolute Gasteiger partial charge is 0.308 e. The molecule has 0 fully saturated rings. The van der Waals surface area contributed by atoms with Crippen LogP contribution in [0.2, 0.25) is 0 Å². The second kappa shape index (κ2) is 13.9. The van der Waals surface area contributed by atoms with Crippen LogP contribution < -0.4 is 0 Å². The van der Waals surface area contributed by atoms with Crippen LogP contribution in [0.25, 0.3) is 110 Å². The van der Waals surface area contributed by atoms with Gasteiger partial charge in [-0.1, -0.05) is 192 Å². The van der Waals surface area contributed by atoms with Crippen LogP contribution in [0.15, 0.2) is 194 Å². The lowest BCUT2D eigenvalue weighted by atomic mass is 9.91. The number of para-hydroxylation sites is 2. The zero-order chi connectivity index (χ0) is 41.6. The first kappa shape index (κ1) is 36.2. The molecule has 62 heavy (non-hydrogen) atoms. The molecule has 0 atom stereocenters. The topological polar surface area (TPSA) is 9.86 Å². The maximum absolute atomic E-state index is 2.54. The van der Waals surface area contributed by atoms with Gasteiger partial charge in [-0.25, -0.2) is 0 Å². The summed E-state index contributed by atoms with van der Waals surface area (Å²) in [5, 5.41) is 9.97. The summed E-state index contributed by atoms with van der Waals surface area (Å²) in [5.74, 6) is 0. The standard InChI is InChI=1S/C60H44N2/c1-37-19-27-41(28-20-37)57-47-13-5-7-17-51(47)61(59(57)43-31-23-39(3)24-32-43)53-35-45-11-10-16-50-54(36-46-12-9-15-49(53)55(46)56(45)50)62-52-18-8-6-14-48(52)58(42-29-21-38(2)22-30-42)60(62)44-33-25-40(4)26-34-44/h5-36H,1-4H3. The molecule has 0 N–H and O–H groups in total. The summed E-state index contributed by atoms with van der Waals surface area (Å²) < 4.78 is 5.09. The fourth-order valence-corrected chi connectivity index (χ4v) is 10.2. The van der Waals surface area contributed by atoms with Gasteiger partial charge in [0.25, 0.3) is 0 Å². The van der Waals surface area contributed by atoms with E-state index in [1.54, 1.807) is 0 Å². The summed E-state index contributed by atoms with van der Waals surface area (Å²) in [6.07, 6.45) is 0. The van der Waals surface area contributed by atoms with Crippen LogP contribution >= 0.6 is 0 Å². The van der Waals surface area contributed by atoms with Crippen molar-refractivity contribution in [3.05, 3.63) is 216 Å². The molecule has 0 aliphatic rings. The number of hydrogen-bond acceptors (Lipinski definition) is 0. The molecule has 0 bridgehead atoms. The number of hydrogen-bond donors (Lipinski definition) is 0. The third-order valence-electron chi connectivity index (χ3n) is 13.1. The predicted octanol–water partition coefficient (Wildman–Crippen LogP) is 16.4. The molecule has 0 saturated heterocycles. The average Bonchev–Trinajstić information content (AvgIpc) is 3.83. The predicted molar refractivity (Wildman–Crippen MR) is 265 cm³/mol. The Balaban J connectivity index is 1.20. The molecule has 2 aromatic heterocycles. The Kier molecular flexibility index (Phi) is 8.14. The lowest BCUT2D eigenvalue weighted by molar-refractivity contribution is 1.15. The van der Waals surface area contributed by atoms with Crippen molar-refractivity contribution in [1.29, 1.82) is 0 Å². The smallest absolute Gasteiger partial charge is 0.0619 e. The fraction of sp³-hybridized carbons (Fsp3) is 0.0667. The van der Waals surface area contributed by atoms with E-state index in [9.17, 15) is 0 Å². The third-order valence-corrected chi connectivity index (χ3v) is 13.1. The molecule has 12 aromatic rings. The highest BCUT2D eigenvalue weighted by Crippen LogP contribution is 2.49. The number of rotatable bonds is 6. The molecule has 0 saturated carbocycles. The van der Waals surface area contributed by atoms with Crippen LogP contribution in [0.4, 0.5) is 0 Å². The third kappa shape index (κ3) is 5.50. The molecular weight excluding hydrogens is 749 g/mol. The lowest BCUT2D eigenvalue weighted by Crippen LogP contribution is -2.02. The van der Waals surface area contributed by atoms with Gasteiger partial charge >= 0.3 is 0 Å². The van der Waals surface area contributed by atoms with Crippen LogP contribution in [0.1, 0.15) is 22.3 Å². The van der Waals surface area contributed by atoms with Gasteiger partial charge in [-0.2, -0.15) is 0 Å². The Labute approximate surface area is 361 Å². The van der Waals surface area contributed by atoms with Gasteiger partial charge in [-0.15, -0.1) is 0 Å². The van der Waals surface area contributed by atoms with Gasteiger partial charge in [0.05, 0.1) is 33.8 Å². The molecule has 0 radical (unpaired) electrons. The molecule has 2 heterocycles. The number of aryl methyl sites for hydroxylation is 4. The van der Waals surface area contributed by atoms with Gasteiger partial charge in [0, 0.05) is 32.7 Å². The monoisotopic (exact) mass is 792 g/mol. The van der Waals surface area contributed by atoms with Crippen molar-refractivity contribution < 1.29 is 0 Å². The van der Waals surface area contributed by atoms with Crippen LogP contribution in [-0.4, -0.2) is 9.13 Å². The maximum atomic E-state index is 2.54. The highest BCUT2D eigenvalue weighted by molar-refractivity contribution is 6.28. The van der Waals surface area contributed by atoms with Crippen LogP contribution in [0.3, 0.4) is 0 Å². The van der Waals surface area contributed by atoms with Gasteiger partial charge in [-0.05, 0) is 95.8 Å². The maximum Gasteiger partial charge on any atom is 0.0619 e. The molecule has 0 aliphatic heterocycles. The molecule has 10 aromatic carbocycles. The van der Waals surface area contributed by atoms with E-state index in [2.05, 4.69) is 231 Å². The summed E-state index contributed by atoms with van der Waals surface area (Å²) in [6.45, 7) is 8.66. The normalized spacial score (nSPS) is 11.9. The Hall–Kier alpha value is -7.68. The Bertz CT molecular complexity index is 3430. The van der Waals surface area contributed by atoms with E-state index in [-0.39, 0.29) is 0 Å².